The molecule has 3 aromatic rings. The van der Waals surface area contributed by atoms with Crippen molar-refractivity contribution in [3.05, 3.63) is 61.2 Å². The zero-order valence-electron chi connectivity index (χ0n) is 16.8. The minimum atomic E-state index is -0.425. The summed E-state index contributed by atoms with van der Waals surface area (Å²) in [5, 5.41) is 11.3. The Morgan fingerprint density at radius 3 is 2.65 bits per heavy atom. The average molecular weight is 498 g/mol. The predicted molar refractivity (Wildman–Crippen MR) is 126 cm³/mol. The Labute approximate surface area is 198 Å². The van der Waals surface area contributed by atoms with Crippen LogP contribution in [0.3, 0.4) is 0 Å². The predicted octanol–water partition coefficient (Wildman–Crippen LogP) is 6.07. The van der Waals surface area contributed by atoms with Crippen LogP contribution in [0.5, 0.6) is 0 Å². The van der Waals surface area contributed by atoms with Gasteiger partial charge in [0.05, 0.1) is 27.5 Å². The Morgan fingerprint density at radius 1 is 1.16 bits per heavy atom. The maximum absolute atomic E-state index is 13.3. The summed E-state index contributed by atoms with van der Waals surface area (Å²) in [6.07, 6.45) is 4.01. The van der Waals surface area contributed by atoms with Gasteiger partial charge in [0.25, 0.3) is 11.8 Å². The maximum atomic E-state index is 13.3. The average Bonchev–Trinajstić information content (AvgIpc) is 3.23. The SMILES string of the molecule is C[C@H]1CCc2c(sc(NC(=O)c3c(Cl)cnn3C)c2C(=O)Nc2cc(Cl)ccc2Cl)C1. The van der Waals surface area contributed by atoms with Gasteiger partial charge < -0.3 is 10.6 Å². The fraction of sp³-hybridized carbons (Fsp3) is 0.286. The highest BCUT2D eigenvalue weighted by molar-refractivity contribution is 7.17. The summed E-state index contributed by atoms with van der Waals surface area (Å²) in [6, 6.07) is 4.87. The van der Waals surface area contributed by atoms with Gasteiger partial charge in [-0.3, -0.25) is 14.3 Å². The number of rotatable bonds is 4. The number of halogens is 3. The lowest BCUT2D eigenvalue weighted by molar-refractivity contribution is 0.101. The molecule has 2 N–H and O–H groups in total. The van der Waals surface area contributed by atoms with Gasteiger partial charge in [0.2, 0.25) is 0 Å². The van der Waals surface area contributed by atoms with Crippen LogP contribution in [0.4, 0.5) is 10.7 Å². The molecule has 0 bridgehead atoms. The number of aromatic nitrogens is 2. The highest BCUT2D eigenvalue weighted by atomic mass is 35.5. The molecule has 31 heavy (non-hydrogen) atoms. The molecular weight excluding hydrogens is 479 g/mol. The molecule has 0 fully saturated rings. The topological polar surface area (TPSA) is 76.0 Å². The van der Waals surface area contributed by atoms with E-state index in [9.17, 15) is 9.59 Å². The Hall–Kier alpha value is -2.06. The molecule has 2 amide bonds. The van der Waals surface area contributed by atoms with E-state index in [1.165, 1.54) is 22.2 Å². The summed E-state index contributed by atoms with van der Waals surface area (Å²) in [4.78, 5) is 27.3. The molecule has 4 rings (SSSR count). The molecule has 1 aromatic carbocycles. The van der Waals surface area contributed by atoms with Gasteiger partial charge in [-0.05, 0) is 48.9 Å². The van der Waals surface area contributed by atoms with Crippen molar-refractivity contribution < 1.29 is 9.59 Å². The third-order valence-corrected chi connectivity index (χ3v) is 7.26. The summed E-state index contributed by atoms with van der Waals surface area (Å²) in [5.41, 5.74) is 2.06. The van der Waals surface area contributed by atoms with Gasteiger partial charge in [-0.25, -0.2) is 0 Å². The Morgan fingerprint density at radius 2 is 1.94 bits per heavy atom. The van der Waals surface area contributed by atoms with E-state index in [-0.39, 0.29) is 16.6 Å². The van der Waals surface area contributed by atoms with Crippen molar-refractivity contribution in [1.29, 1.82) is 0 Å². The van der Waals surface area contributed by atoms with Crippen LogP contribution in [0.1, 0.15) is 44.6 Å². The molecule has 1 aliphatic rings. The van der Waals surface area contributed by atoms with E-state index >= 15 is 0 Å². The smallest absolute Gasteiger partial charge is 0.276 e. The van der Waals surface area contributed by atoms with Gasteiger partial charge in [0.1, 0.15) is 10.7 Å². The van der Waals surface area contributed by atoms with Gasteiger partial charge >= 0.3 is 0 Å². The molecule has 0 saturated carbocycles. The van der Waals surface area contributed by atoms with Crippen molar-refractivity contribution in [3.8, 4) is 0 Å². The van der Waals surface area contributed by atoms with Gasteiger partial charge in [0.15, 0.2) is 0 Å². The third-order valence-electron chi connectivity index (χ3n) is 5.25. The number of aryl methyl sites for hydroxylation is 1. The number of carbonyl (C=O) groups excluding carboxylic acids is 2. The summed E-state index contributed by atoms with van der Waals surface area (Å²) in [5.74, 6) is -0.256. The number of anilines is 2. The second-order valence-electron chi connectivity index (χ2n) is 7.55. The zero-order valence-corrected chi connectivity index (χ0v) is 19.8. The molecule has 0 radical (unpaired) electrons. The molecule has 1 aliphatic carbocycles. The first-order valence-corrected chi connectivity index (χ1v) is 11.6. The molecule has 10 heteroatoms. The lowest BCUT2D eigenvalue weighted by Gasteiger charge is -2.19. The molecule has 1 atom stereocenters. The van der Waals surface area contributed by atoms with Crippen molar-refractivity contribution in [3.63, 3.8) is 0 Å². The van der Waals surface area contributed by atoms with Crippen LogP contribution >= 0.6 is 46.1 Å². The highest BCUT2D eigenvalue weighted by Gasteiger charge is 2.29. The van der Waals surface area contributed by atoms with Gasteiger partial charge in [-0.2, -0.15) is 5.10 Å². The monoisotopic (exact) mass is 496 g/mol. The number of benzene rings is 1. The van der Waals surface area contributed by atoms with Crippen molar-refractivity contribution in [2.45, 2.75) is 26.2 Å². The number of nitrogens with zero attached hydrogens (tertiary/aromatic N) is 2. The largest absolute Gasteiger partial charge is 0.320 e. The van der Waals surface area contributed by atoms with Gasteiger partial charge in [-0.1, -0.05) is 41.7 Å². The van der Waals surface area contributed by atoms with E-state index in [0.29, 0.717) is 32.2 Å². The van der Waals surface area contributed by atoms with Crippen molar-refractivity contribution >= 4 is 68.6 Å². The number of hydrogen-bond acceptors (Lipinski definition) is 4. The first-order chi connectivity index (χ1) is 14.7. The molecule has 6 nitrogen and oxygen atoms in total. The number of amides is 2. The second kappa shape index (κ2) is 8.82. The van der Waals surface area contributed by atoms with E-state index in [4.69, 9.17) is 34.8 Å². The van der Waals surface area contributed by atoms with Crippen LogP contribution in [-0.4, -0.2) is 21.6 Å². The molecule has 0 spiro atoms. The maximum Gasteiger partial charge on any atom is 0.276 e. The zero-order chi connectivity index (χ0) is 22.3. The van der Waals surface area contributed by atoms with E-state index in [2.05, 4.69) is 22.7 Å². The van der Waals surface area contributed by atoms with Gasteiger partial charge in [-0.15, -0.1) is 11.3 Å². The molecule has 0 aliphatic heterocycles. The third kappa shape index (κ3) is 4.46. The van der Waals surface area contributed by atoms with E-state index < -0.39 is 5.91 Å². The van der Waals surface area contributed by atoms with E-state index in [0.717, 1.165) is 29.7 Å². The summed E-state index contributed by atoms with van der Waals surface area (Å²) in [7, 11) is 1.64. The van der Waals surface area contributed by atoms with Crippen LogP contribution in [0.25, 0.3) is 0 Å². The molecule has 2 heterocycles. The number of nitrogens with one attached hydrogen (secondary N) is 2. The minimum absolute atomic E-state index is 0.227. The molecule has 0 unspecified atom stereocenters. The summed E-state index contributed by atoms with van der Waals surface area (Å²) in [6.45, 7) is 2.18. The second-order valence-corrected chi connectivity index (χ2v) is 9.91. The summed E-state index contributed by atoms with van der Waals surface area (Å²) < 4.78 is 1.40. The number of fused-ring (bicyclic) bond motifs is 1. The molecule has 162 valence electrons. The minimum Gasteiger partial charge on any atom is -0.320 e. The van der Waals surface area contributed by atoms with Crippen LogP contribution in [0.15, 0.2) is 24.4 Å². The lowest BCUT2D eigenvalue weighted by atomic mass is 9.88. The normalized spacial score (nSPS) is 15.5. The first-order valence-electron chi connectivity index (χ1n) is 9.64. The van der Waals surface area contributed by atoms with Gasteiger partial charge in [0, 0.05) is 16.9 Å². The Balaban J connectivity index is 1.71. The van der Waals surface area contributed by atoms with Crippen LogP contribution < -0.4 is 10.6 Å². The van der Waals surface area contributed by atoms with Crippen LogP contribution in [0.2, 0.25) is 15.1 Å². The van der Waals surface area contributed by atoms with Crippen molar-refractivity contribution in [1.82, 2.24) is 9.78 Å². The van der Waals surface area contributed by atoms with Crippen molar-refractivity contribution in [2.24, 2.45) is 13.0 Å². The first kappa shape index (κ1) is 22.1. The number of carbonyl (C=O) groups is 2. The summed E-state index contributed by atoms with van der Waals surface area (Å²) >= 11 is 19.8. The quantitative estimate of drug-likeness (QED) is 0.459. The number of thiophene rings is 1. The fourth-order valence-electron chi connectivity index (χ4n) is 3.69. The molecule has 0 saturated heterocycles. The van der Waals surface area contributed by atoms with E-state index in [1.54, 1.807) is 25.2 Å². The fourth-order valence-corrected chi connectivity index (χ4v) is 5.68. The Kier molecular flexibility index (Phi) is 6.30. The van der Waals surface area contributed by atoms with Crippen molar-refractivity contribution in [2.75, 3.05) is 10.6 Å². The molecule has 2 aromatic heterocycles. The van der Waals surface area contributed by atoms with E-state index in [1.807, 2.05) is 0 Å². The number of hydrogen-bond donors (Lipinski definition) is 2. The molecular formula is C21H19Cl3N4O2S. The van der Waals surface area contributed by atoms with Crippen LogP contribution in [-0.2, 0) is 19.9 Å². The Bertz CT molecular complexity index is 1170. The highest BCUT2D eigenvalue weighted by Crippen LogP contribution is 2.40. The standard InChI is InChI=1S/C21H19Cl3N4O2S/c1-10-3-5-12-16(7-10)31-21(27-20(30)18-14(24)9-25-28(18)2)17(12)19(29)26-15-8-11(22)4-6-13(15)23/h4,6,8-10H,3,5,7H2,1-2H3,(H,26,29)(H,27,30)/t10-/m0/s1. The lowest BCUT2D eigenvalue weighted by Crippen LogP contribution is -2.21. The van der Waals surface area contributed by atoms with Crippen LogP contribution in [0, 0.1) is 5.92 Å².